The maximum absolute atomic E-state index is 13.3. The maximum atomic E-state index is 13.3. The zero-order valence-corrected chi connectivity index (χ0v) is 19.5. The van der Waals surface area contributed by atoms with Gasteiger partial charge in [0.2, 0.25) is 5.88 Å². The molecular weight excluding hydrogens is 446 g/mol. The fourth-order valence-corrected chi connectivity index (χ4v) is 4.52. The van der Waals surface area contributed by atoms with Crippen molar-refractivity contribution in [2.24, 2.45) is 0 Å². The molecule has 1 amide bonds. The van der Waals surface area contributed by atoms with Crippen LogP contribution in [0.5, 0.6) is 11.6 Å². The predicted molar refractivity (Wildman–Crippen MR) is 129 cm³/mol. The van der Waals surface area contributed by atoms with Gasteiger partial charge in [-0.1, -0.05) is 42.2 Å². The summed E-state index contributed by atoms with van der Waals surface area (Å²) in [6.45, 7) is 4.64. The first-order valence-electron chi connectivity index (χ1n) is 9.90. The number of ether oxygens (including phenoxy) is 2. The number of fused-ring (bicyclic) bond motifs is 1. The van der Waals surface area contributed by atoms with Crippen LogP contribution in [-0.2, 0) is 9.53 Å². The fraction of sp³-hybridized carbons (Fsp3) is 0.217. The number of nitrogens with zero attached hydrogens (tertiary/aromatic N) is 3. The highest BCUT2D eigenvalue weighted by Crippen LogP contribution is 2.34. The molecule has 0 spiro atoms. The van der Waals surface area contributed by atoms with Crippen molar-refractivity contribution < 1.29 is 14.3 Å². The number of aromatic nitrogens is 2. The van der Waals surface area contributed by atoms with Crippen molar-refractivity contribution in [1.82, 2.24) is 14.3 Å². The molecule has 1 aromatic carbocycles. The molecule has 1 aliphatic heterocycles. The van der Waals surface area contributed by atoms with Gasteiger partial charge in [0.25, 0.3) is 11.5 Å². The van der Waals surface area contributed by atoms with Crippen molar-refractivity contribution in [1.29, 1.82) is 0 Å². The van der Waals surface area contributed by atoms with Crippen LogP contribution in [0.15, 0.2) is 52.3 Å². The number of benzene rings is 1. The quantitative estimate of drug-likeness (QED) is 0.401. The molecule has 9 heteroatoms. The zero-order chi connectivity index (χ0) is 22.8. The summed E-state index contributed by atoms with van der Waals surface area (Å²) in [5, 5.41) is 0. The Bertz CT molecular complexity index is 1320. The number of hydrogen-bond acceptors (Lipinski definition) is 7. The number of amides is 1. The molecule has 1 fully saturated rings. The Kier molecular flexibility index (Phi) is 6.40. The molecule has 0 radical (unpaired) electrons. The Hall–Kier alpha value is -3.01. The van der Waals surface area contributed by atoms with E-state index < -0.39 is 0 Å². The van der Waals surface area contributed by atoms with Gasteiger partial charge in [-0.3, -0.25) is 18.9 Å². The van der Waals surface area contributed by atoms with Crippen molar-refractivity contribution in [2.75, 3.05) is 20.3 Å². The first-order chi connectivity index (χ1) is 15.4. The van der Waals surface area contributed by atoms with Crippen LogP contribution in [0.1, 0.15) is 16.7 Å². The lowest BCUT2D eigenvalue weighted by Crippen LogP contribution is -2.31. The number of thioether (sulfide) groups is 1. The number of thiocarbonyl (C=S) groups is 1. The van der Waals surface area contributed by atoms with Crippen LogP contribution in [0.2, 0.25) is 0 Å². The average Bonchev–Trinajstić information content (AvgIpc) is 3.05. The summed E-state index contributed by atoms with van der Waals surface area (Å²) in [5.74, 6) is 0.462. The molecule has 164 valence electrons. The molecule has 0 saturated carbocycles. The lowest BCUT2D eigenvalue weighted by molar-refractivity contribution is -0.122. The highest BCUT2D eigenvalue weighted by atomic mass is 32.2. The number of methoxy groups -OCH3 is 1. The molecule has 3 aromatic rings. The van der Waals surface area contributed by atoms with Crippen LogP contribution in [0.25, 0.3) is 11.7 Å². The van der Waals surface area contributed by atoms with Gasteiger partial charge >= 0.3 is 0 Å². The normalized spacial score (nSPS) is 15.2. The molecule has 0 atom stereocenters. The van der Waals surface area contributed by atoms with E-state index in [1.165, 1.54) is 15.4 Å². The summed E-state index contributed by atoms with van der Waals surface area (Å²) in [4.78, 5) is 32.6. The maximum Gasteiger partial charge on any atom is 0.269 e. The predicted octanol–water partition coefficient (Wildman–Crippen LogP) is 3.95. The number of hydrogen-bond donors (Lipinski definition) is 0. The minimum absolute atomic E-state index is 0.136. The van der Waals surface area contributed by atoms with Crippen molar-refractivity contribution in [3.05, 3.63) is 74.5 Å². The van der Waals surface area contributed by atoms with Gasteiger partial charge in [-0.05, 0) is 49.2 Å². The molecule has 3 heterocycles. The van der Waals surface area contributed by atoms with E-state index in [1.54, 1.807) is 31.5 Å². The molecular formula is C23H21N3O4S2. The molecule has 2 aromatic heterocycles. The summed E-state index contributed by atoms with van der Waals surface area (Å²) >= 11 is 6.49. The van der Waals surface area contributed by atoms with Crippen LogP contribution in [0.4, 0.5) is 0 Å². The number of carbonyl (C=O) groups excluding carboxylic acids is 1. The summed E-state index contributed by atoms with van der Waals surface area (Å²) < 4.78 is 13.0. The van der Waals surface area contributed by atoms with E-state index in [0.717, 1.165) is 22.9 Å². The summed E-state index contributed by atoms with van der Waals surface area (Å²) in [5.41, 5.74) is 2.29. The Morgan fingerprint density at radius 3 is 2.75 bits per heavy atom. The zero-order valence-electron chi connectivity index (χ0n) is 17.8. The number of rotatable bonds is 6. The van der Waals surface area contributed by atoms with E-state index >= 15 is 0 Å². The van der Waals surface area contributed by atoms with Crippen LogP contribution in [-0.4, -0.2) is 44.8 Å². The van der Waals surface area contributed by atoms with Crippen molar-refractivity contribution >= 4 is 45.9 Å². The van der Waals surface area contributed by atoms with Gasteiger partial charge in [0.1, 0.15) is 21.3 Å². The molecule has 0 N–H and O–H groups in total. The van der Waals surface area contributed by atoms with Gasteiger partial charge in [0.15, 0.2) is 0 Å². The van der Waals surface area contributed by atoms with Crippen LogP contribution in [0, 0.1) is 13.8 Å². The van der Waals surface area contributed by atoms with Gasteiger partial charge < -0.3 is 9.47 Å². The molecule has 7 nitrogen and oxygen atoms in total. The largest absolute Gasteiger partial charge is 0.438 e. The first-order valence-corrected chi connectivity index (χ1v) is 11.1. The standard InChI is InChI=1S/C23H21N3O4S2/c1-14-7-6-8-17(15(14)2)30-20-16(21(27)25-10-5-4-9-19(25)24-20)13-18-22(28)26(11-12-29-3)23(31)32-18/h4-10,13H,11-12H2,1-3H3/b18-13+. The van der Waals surface area contributed by atoms with E-state index in [1.807, 2.05) is 32.0 Å². The fourth-order valence-electron chi connectivity index (χ4n) is 3.23. The SMILES string of the molecule is COCCN1C(=O)/C(=C\c2c(Oc3cccc(C)c3C)nc3ccccn3c2=O)SC1=S. The Morgan fingerprint density at radius 2 is 1.97 bits per heavy atom. The van der Waals surface area contributed by atoms with E-state index in [0.29, 0.717) is 33.8 Å². The molecule has 0 aliphatic carbocycles. The third-order valence-electron chi connectivity index (χ3n) is 5.16. The minimum atomic E-state index is -0.335. The molecule has 32 heavy (non-hydrogen) atoms. The lowest BCUT2D eigenvalue weighted by Gasteiger charge is -2.13. The van der Waals surface area contributed by atoms with Crippen molar-refractivity contribution in [3.8, 4) is 11.6 Å². The minimum Gasteiger partial charge on any atom is -0.438 e. The smallest absolute Gasteiger partial charge is 0.269 e. The van der Waals surface area contributed by atoms with Crippen LogP contribution < -0.4 is 10.3 Å². The molecule has 1 aliphatic rings. The number of aryl methyl sites for hydroxylation is 1. The van der Waals surface area contributed by atoms with Crippen molar-refractivity contribution in [3.63, 3.8) is 0 Å². The Labute approximate surface area is 194 Å². The molecule has 0 unspecified atom stereocenters. The highest BCUT2D eigenvalue weighted by molar-refractivity contribution is 8.26. The third kappa shape index (κ3) is 4.19. The molecule has 1 saturated heterocycles. The molecule has 0 bridgehead atoms. The average molecular weight is 468 g/mol. The van der Waals surface area contributed by atoms with Crippen LogP contribution >= 0.6 is 24.0 Å². The van der Waals surface area contributed by atoms with E-state index in [4.69, 9.17) is 21.7 Å². The van der Waals surface area contributed by atoms with Crippen LogP contribution in [0.3, 0.4) is 0 Å². The summed E-state index contributed by atoms with van der Waals surface area (Å²) in [6, 6.07) is 11.0. The van der Waals surface area contributed by atoms with E-state index in [-0.39, 0.29) is 22.9 Å². The topological polar surface area (TPSA) is 73.1 Å². The monoisotopic (exact) mass is 467 g/mol. The summed E-state index contributed by atoms with van der Waals surface area (Å²) in [7, 11) is 1.56. The van der Waals surface area contributed by atoms with Gasteiger partial charge in [0, 0.05) is 13.3 Å². The second-order valence-electron chi connectivity index (χ2n) is 7.19. The van der Waals surface area contributed by atoms with Gasteiger partial charge in [-0.25, -0.2) is 0 Å². The van der Waals surface area contributed by atoms with Gasteiger partial charge in [-0.2, -0.15) is 4.98 Å². The van der Waals surface area contributed by atoms with E-state index in [9.17, 15) is 9.59 Å². The first kappa shape index (κ1) is 22.2. The second-order valence-corrected chi connectivity index (χ2v) is 8.87. The van der Waals surface area contributed by atoms with Gasteiger partial charge in [-0.15, -0.1) is 0 Å². The number of pyridine rings is 1. The molecule has 4 rings (SSSR count). The number of carbonyl (C=O) groups is 1. The Balaban J connectivity index is 1.84. The summed E-state index contributed by atoms with van der Waals surface area (Å²) in [6.07, 6.45) is 3.15. The van der Waals surface area contributed by atoms with Crippen molar-refractivity contribution in [2.45, 2.75) is 13.8 Å². The van der Waals surface area contributed by atoms with Gasteiger partial charge in [0.05, 0.1) is 18.1 Å². The third-order valence-corrected chi connectivity index (χ3v) is 6.54. The Morgan fingerprint density at radius 1 is 1.16 bits per heavy atom. The second kappa shape index (κ2) is 9.23. The van der Waals surface area contributed by atoms with E-state index in [2.05, 4.69) is 4.98 Å². The lowest BCUT2D eigenvalue weighted by atomic mass is 10.1. The highest BCUT2D eigenvalue weighted by Gasteiger charge is 2.32.